The lowest BCUT2D eigenvalue weighted by Gasteiger charge is -2.10. The molecule has 6 heteroatoms. The van der Waals surface area contributed by atoms with Crippen LogP contribution < -0.4 is 5.73 Å². The molecule has 4 rings (SSSR count). The Bertz CT molecular complexity index is 785. The fourth-order valence-corrected chi connectivity index (χ4v) is 4.07. The molecule has 2 aromatic rings. The van der Waals surface area contributed by atoms with Gasteiger partial charge in [-0.15, -0.1) is 5.10 Å². The number of aryl methyl sites for hydroxylation is 1. The number of nitrogens with two attached hydrogens (primary N) is 1. The van der Waals surface area contributed by atoms with Crippen LogP contribution in [0.15, 0.2) is 24.4 Å². The predicted octanol–water partition coefficient (Wildman–Crippen LogP) is 2.35. The number of rotatable bonds is 3. The van der Waals surface area contributed by atoms with Gasteiger partial charge in [0.1, 0.15) is 5.69 Å². The minimum atomic E-state index is -0.265. The lowest BCUT2D eigenvalue weighted by Crippen LogP contribution is -2.17. The molecule has 0 amide bonds. The third kappa shape index (κ3) is 2.04. The molecule has 2 aliphatic carbocycles. The van der Waals surface area contributed by atoms with Crippen LogP contribution in [0.25, 0.3) is 11.3 Å². The van der Waals surface area contributed by atoms with Gasteiger partial charge in [0, 0.05) is 11.3 Å². The number of methoxy groups -OCH3 is 1. The summed E-state index contributed by atoms with van der Waals surface area (Å²) in [4.78, 5) is 12.0. The number of carbonyl (C=O) groups is 1. The fraction of sp³-hybridized carbons (Fsp3) is 0.471. The van der Waals surface area contributed by atoms with Crippen LogP contribution in [0.5, 0.6) is 0 Å². The predicted molar refractivity (Wildman–Crippen MR) is 85.4 cm³/mol. The number of aromatic nitrogens is 3. The van der Waals surface area contributed by atoms with Gasteiger partial charge in [-0.05, 0) is 49.8 Å². The Morgan fingerprint density at radius 3 is 3.04 bits per heavy atom. The average molecular weight is 312 g/mol. The Balaban J connectivity index is 1.61. The van der Waals surface area contributed by atoms with Crippen LogP contribution in [-0.4, -0.2) is 28.1 Å². The van der Waals surface area contributed by atoms with E-state index in [1.807, 2.05) is 36.0 Å². The molecule has 2 fully saturated rings. The molecule has 1 aromatic carbocycles. The minimum Gasteiger partial charge on any atom is -0.469 e. The number of nitrogen functional groups attached to an aromatic ring is 1. The van der Waals surface area contributed by atoms with Crippen molar-refractivity contribution in [3.8, 4) is 11.3 Å². The summed E-state index contributed by atoms with van der Waals surface area (Å²) in [5.41, 5.74) is 9.28. The van der Waals surface area contributed by atoms with E-state index in [1.165, 1.54) is 7.11 Å². The van der Waals surface area contributed by atoms with Crippen molar-refractivity contribution in [2.24, 2.45) is 11.3 Å². The first-order valence-corrected chi connectivity index (χ1v) is 7.92. The zero-order chi connectivity index (χ0) is 16.2. The number of ether oxygens (including phenoxy) is 1. The summed E-state index contributed by atoms with van der Waals surface area (Å²) < 4.78 is 6.89. The molecule has 1 aromatic heterocycles. The quantitative estimate of drug-likeness (QED) is 0.695. The van der Waals surface area contributed by atoms with E-state index in [4.69, 9.17) is 10.5 Å². The Kier molecular flexibility index (Phi) is 2.98. The van der Waals surface area contributed by atoms with Crippen molar-refractivity contribution in [1.82, 2.24) is 15.0 Å². The third-order valence-electron chi connectivity index (χ3n) is 5.46. The molecule has 3 atom stereocenters. The summed E-state index contributed by atoms with van der Waals surface area (Å²) >= 11 is 0. The first-order valence-electron chi connectivity index (χ1n) is 7.92. The molecule has 0 spiro atoms. The summed E-state index contributed by atoms with van der Waals surface area (Å²) in [7, 11) is 1.47. The van der Waals surface area contributed by atoms with Gasteiger partial charge in [0.15, 0.2) is 0 Å². The van der Waals surface area contributed by atoms with E-state index in [0.717, 1.165) is 36.1 Å². The molecule has 0 aliphatic heterocycles. The Morgan fingerprint density at radius 2 is 2.30 bits per heavy atom. The Morgan fingerprint density at radius 1 is 1.48 bits per heavy atom. The molecular formula is C17H20N4O2. The van der Waals surface area contributed by atoms with Crippen LogP contribution in [0, 0.1) is 18.3 Å². The summed E-state index contributed by atoms with van der Waals surface area (Å²) in [5.74, 6) is 0.253. The monoisotopic (exact) mass is 312 g/mol. The number of benzene rings is 1. The second kappa shape index (κ2) is 4.81. The second-order valence-electron chi connectivity index (χ2n) is 6.72. The second-order valence-corrected chi connectivity index (χ2v) is 6.72. The smallest absolute Gasteiger partial charge is 0.312 e. The topological polar surface area (TPSA) is 83.0 Å². The SMILES string of the molecule is COC(=O)[C@@]12CC[C@H](n3cc(-c4cc(N)ccc4C)nn3)[C@@H]1C2. The van der Waals surface area contributed by atoms with Crippen molar-refractivity contribution in [1.29, 1.82) is 0 Å². The van der Waals surface area contributed by atoms with Crippen molar-refractivity contribution in [2.75, 3.05) is 12.8 Å². The maximum Gasteiger partial charge on any atom is 0.312 e. The molecule has 120 valence electrons. The lowest BCUT2D eigenvalue weighted by molar-refractivity contribution is -0.147. The van der Waals surface area contributed by atoms with E-state index in [0.29, 0.717) is 11.6 Å². The van der Waals surface area contributed by atoms with Crippen LogP contribution in [0.3, 0.4) is 0 Å². The number of nitrogens with zero attached hydrogens (tertiary/aromatic N) is 3. The van der Waals surface area contributed by atoms with Crippen LogP contribution in [0.4, 0.5) is 5.69 Å². The van der Waals surface area contributed by atoms with Gasteiger partial charge in [-0.2, -0.15) is 0 Å². The van der Waals surface area contributed by atoms with Gasteiger partial charge in [-0.3, -0.25) is 4.79 Å². The maximum absolute atomic E-state index is 12.0. The normalized spacial score (nSPS) is 28.4. The van der Waals surface area contributed by atoms with Gasteiger partial charge in [-0.1, -0.05) is 11.3 Å². The van der Waals surface area contributed by atoms with Gasteiger partial charge in [0.2, 0.25) is 0 Å². The van der Waals surface area contributed by atoms with Crippen LogP contribution in [-0.2, 0) is 9.53 Å². The van der Waals surface area contributed by atoms with Gasteiger partial charge < -0.3 is 10.5 Å². The highest BCUT2D eigenvalue weighted by molar-refractivity contribution is 5.81. The summed E-state index contributed by atoms with van der Waals surface area (Å²) in [6.07, 6.45) is 4.69. The molecule has 23 heavy (non-hydrogen) atoms. The molecule has 2 aliphatic rings. The lowest BCUT2D eigenvalue weighted by atomic mass is 10.1. The summed E-state index contributed by atoms with van der Waals surface area (Å²) in [5, 5.41) is 8.63. The van der Waals surface area contributed by atoms with E-state index < -0.39 is 0 Å². The molecule has 6 nitrogen and oxygen atoms in total. The number of hydrogen-bond acceptors (Lipinski definition) is 5. The highest BCUT2D eigenvalue weighted by Gasteiger charge is 2.67. The van der Waals surface area contributed by atoms with Crippen LogP contribution >= 0.6 is 0 Å². The van der Waals surface area contributed by atoms with E-state index >= 15 is 0 Å². The maximum atomic E-state index is 12.0. The van der Waals surface area contributed by atoms with E-state index in [-0.39, 0.29) is 17.4 Å². The molecule has 1 heterocycles. The number of hydrogen-bond donors (Lipinski definition) is 1. The molecule has 0 bridgehead atoms. The zero-order valence-corrected chi connectivity index (χ0v) is 13.3. The number of anilines is 1. The van der Waals surface area contributed by atoms with Crippen molar-refractivity contribution >= 4 is 11.7 Å². The van der Waals surface area contributed by atoms with Crippen LogP contribution in [0.2, 0.25) is 0 Å². The zero-order valence-electron chi connectivity index (χ0n) is 13.3. The standard InChI is InChI=1S/C17H20N4O2/c1-10-3-4-11(18)7-12(10)14-9-21(20-19-14)15-5-6-17(8-13(15)17)16(22)23-2/h3-4,7,9,13,15H,5-6,8,18H2,1-2H3/t13-,15-,17+/m0/s1. The fourth-order valence-electron chi connectivity index (χ4n) is 4.07. The summed E-state index contributed by atoms with van der Waals surface area (Å²) in [6, 6.07) is 6.03. The number of esters is 1. The van der Waals surface area contributed by atoms with Gasteiger partial charge in [0.25, 0.3) is 0 Å². The highest BCUT2D eigenvalue weighted by Crippen LogP contribution is 2.68. The Hall–Kier alpha value is -2.37. The first kappa shape index (κ1) is 14.2. The minimum absolute atomic E-state index is 0.0722. The van der Waals surface area contributed by atoms with Crippen molar-refractivity contribution in [3.63, 3.8) is 0 Å². The van der Waals surface area contributed by atoms with E-state index in [2.05, 4.69) is 10.3 Å². The largest absolute Gasteiger partial charge is 0.469 e. The van der Waals surface area contributed by atoms with Crippen molar-refractivity contribution in [2.45, 2.75) is 32.2 Å². The van der Waals surface area contributed by atoms with Gasteiger partial charge in [0.05, 0.1) is 24.8 Å². The van der Waals surface area contributed by atoms with Gasteiger partial charge >= 0.3 is 5.97 Å². The van der Waals surface area contributed by atoms with E-state index in [9.17, 15) is 4.79 Å². The van der Waals surface area contributed by atoms with Crippen molar-refractivity contribution < 1.29 is 9.53 Å². The molecule has 0 saturated heterocycles. The van der Waals surface area contributed by atoms with Crippen LogP contribution in [0.1, 0.15) is 30.9 Å². The number of carbonyl (C=O) groups excluding carboxylic acids is 1. The Labute approximate surface area is 134 Å². The first-order chi connectivity index (χ1) is 11.0. The molecule has 0 radical (unpaired) electrons. The highest BCUT2D eigenvalue weighted by atomic mass is 16.5. The molecule has 2 N–H and O–H groups in total. The summed E-state index contributed by atoms with van der Waals surface area (Å²) in [6.45, 7) is 2.03. The molecule has 0 unspecified atom stereocenters. The molecular weight excluding hydrogens is 292 g/mol. The van der Waals surface area contributed by atoms with Gasteiger partial charge in [-0.25, -0.2) is 4.68 Å². The van der Waals surface area contributed by atoms with E-state index in [1.54, 1.807) is 0 Å². The number of fused-ring (bicyclic) bond motifs is 1. The molecule has 2 saturated carbocycles. The van der Waals surface area contributed by atoms with Crippen molar-refractivity contribution in [3.05, 3.63) is 30.0 Å². The third-order valence-corrected chi connectivity index (χ3v) is 5.46. The average Bonchev–Trinajstić information content (AvgIpc) is 2.93.